The Hall–Kier alpha value is -1.96. The van der Waals surface area contributed by atoms with Crippen molar-refractivity contribution < 1.29 is 9.59 Å². The lowest BCUT2D eigenvalue weighted by atomic mass is 10.1. The van der Waals surface area contributed by atoms with Crippen molar-refractivity contribution in [3.63, 3.8) is 0 Å². The van der Waals surface area contributed by atoms with E-state index in [4.69, 9.17) is 0 Å². The number of nitrogens with one attached hydrogen (secondary N) is 1. The van der Waals surface area contributed by atoms with Gasteiger partial charge in [0.25, 0.3) is 0 Å². The molecular weight excluding hydrogens is 350 g/mol. The van der Waals surface area contributed by atoms with Crippen molar-refractivity contribution in [1.82, 2.24) is 14.8 Å². The zero-order chi connectivity index (χ0) is 18.5. The van der Waals surface area contributed by atoms with E-state index < -0.39 is 0 Å². The topological polar surface area (TPSA) is 68.8 Å². The van der Waals surface area contributed by atoms with Crippen LogP contribution in [0.15, 0.2) is 18.3 Å². The predicted octanol–water partition coefficient (Wildman–Crippen LogP) is 1.47. The lowest BCUT2D eigenvalue weighted by molar-refractivity contribution is -0.137. The van der Waals surface area contributed by atoms with Gasteiger partial charge in [-0.2, -0.15) is 0 Å². The molecule has 0 saturated carbocycles. The van der Waals surface area contributed by atoms with E-state index in [9.17, 15) is 9.59 Å². The van der Waals surface area contributed by atoms with E-state index in [1.165, 1.54) is 0 Å². The Morgan fingerprint density at radius 3 is 2.85 bits per heavy atom. The number of likely N-dealkylation sites (tertiary alicyclic amines) is 1. The van der Waals surface area contributed by atoms with Crippen molar-refractivity contribution in [1.29, 1.82) is 0 Å². The Bertz CT molecular complexity index is 637. The first-order chi connectivity index (χ1) is 12.5. The van der Waals surface area contributed by atoms with E-state index in [1.807, 2.05) is 42.2 Å². The van der Waals surface area contributed by atoms with Gasteiger partial charge < -0.3 is 20.0 Å². The van der Waals surface area contributed by atoms with Crippen molar-refractivity contribution in [2.24, 2.45) is 0 Å². The van der Waals surface area contributed by atoms with E-state index in [0.717, 1.165) is 43.9 Å². The molecule has 0 spiro atoms. The van der Waals surface area contributed by atoms with E-state index >= 15 is 0 Å². The van der Waals surface area contributed by atoms with Gasteiger partial charge in [-0.25, -0.2) is 4.98 Å². The van der Waals surface area contributed by atoms with E-state index in [1.54, 1.807) is 16.7 Å². The molecule has 26 heavy (non-hydrogen) atoms. The molecule has 2 aliphatic rings. The SMILES string of the molecule is CN(C)c1ccc(N[C@@H]2CCCN(C(=O)CN3CSCC3=O)CC2)cn1. The van der Waals surface area contributed by atoms with Crippen molar-refractivity contribution in [3.05, 3.63) is 18.3 Å². The zero-order valence-corrected chi connectivity index (χ0v) is 16.3. The van der Waals surface area contributed by atoms with Gasteiger partial charge in [0.15, 0.2) is 0 Å². The molecule has 142 valence electrons. The van der Waals surface area contributed by atoms with E-state index in [0.29, 0.717) is 17.7 Å². The Morgan fingerprint density at radius 1 is 1.35 bits per heavy atom. The molecule has 0 aromatic carbocycles. The largest absolute Gasteiger partial charge is 0.381 e. The monoisotopic (exact) mass is 377 g/mol. The van der Waals surface area contributed by atoms with Crippen LogP contribution in [0.4, 0.5) is 11.5 Å². The summed E-state index contributed by atoms with van der Waals surface area (Å²) in [6, 6.07) is 4.39. The van der Waals surface area contributed by atoms with Crippen molar-refractivity contribution in [2.75, 3.05) is 55.6 Å². The van der Waals surface area contributed by atoms with Gasteiger partial charge in [0, 0.05) is 33.2 Å². The highest BCUT2D eigenvalue weighted by molar-refractivity contribution is 8.00. The first kappa shape index (κ1) is 18.8. The van der Waals surface area contributed by atoms with Crippen LogP contribution < -0.4 is 10.2 Å². The summed E-state index contributed by atoms with van der Waals surface area (Å²) in [5.74, 6) is 2.21. The van der Waals surface area contributed by atoms with Crippen LogP contribution in [0.1, 0.15) is 19.3 Å². The molecule has 3 heterocycles. The maximum Gasteiger partial charge on any atom is 0.242 e. The average Bonchev–Trinajstić information content (AvgIpc) is 2.88. The number of amides is 2. The first-order valence-corrected chi connectivity index (χ1v) is 10.2. The van der Waals surface area contributed by atoms with Crippen molar-refractivity contribution in [3.8, 4) is 0 Å². The number of rotatable bonds is 5. The summed E-state index contributed by atoms with van der Waals surface area (Å²) in [7, 11) is 3.95. The summed E-state index contributed by atoms with van der Waals surface area (Å²) in [6.07, 6.45) is 4.76. The van der Waals surface area contributed by atoms with Crippen molar-refractivity contribution in [2.45, 2.75) is 25.3 Å². The molecule has 2 aliphatic heterocycles. The van der Waals surface area contributed by atoms with Gasteiger partial charge in [0.2, 0.25) is 11.8 Å². The number of hydrogen-bond donors (Lipinski definition) is 1. The second-order valence-corrected chi connectivity index (χ2v) is 7.98. The average molecular weight is 378 g/mol. The highest BCUT2D eigenvalue weighted by atomic mass is 32.2. The summed E-state index contributed by atoms with van der Waals surface area (Å²) in [4.78, 5) is 34.2. The number of nitrogens with zero attached hydrogens (tertiary/aromatic N) is 4. The lowest BCUT2D eigenvalue weighted by Crippen LogP contribution is -2.41. The Labute approximate surface area is 159 Å². The van der Waals surface area contributed by atoms with Crippen LogP contribution in [0.5, 0.6) is 0 Å². The lowest BCUT2D eigenvalue weighted by Gasteiger charge is -2.24. The number of pyridine rings is 1. The summed E-state index contributed by atoms with van der Waals surface area (Å²) >= 11 is 1.57. The second-order valence-electron chi connectivity index (χ2n) is 7.02. The number of hydrogen-bond acceptors (Lipinski definition) is 6. The van der Waals surface area contributed by atoms with E-state index in [-0.39, 0.29) is 18.4 Å². The number of aromatic nitrogens is 1. The molecule has 0 bridgehead atoms. The van der Waals surface area contributed by atoms with Gasteiger partial charge in [0.1, 0.15) is 12.4 Å². The quantitative estimate of drug-likeness (QED) is 0.838. The van der Waals surface area contributed by atoms with Crippen molar-refractivity contribution >= 4 is 35.1 Å². The summed E-state index contributed by atoms with van der Waals surface area (Å²) in [5, 5.41) is 3.54. The molecule has 1 N–H and O–H groups in total. The molecular formula is C18H27N5O2S. The fourth-order valence-corrected chi connectivity index (χ4v) is 4.17. The fraction of sp³-hybridized carbons (Fsp3) is 0.611. The van der Waals surface area contributed by atoms with Crippen LogP contribution in [-0.4, -0.2) is 78.0 Å². The van der Waals surface area contributed by atoms with Gasteiger partial charge in [-0.1, -0.05) is 0 Å². The van der Waals surface area contributed by atoms with Crippen LogP contribution in [0.2, 0.25) is 0 Å². The van der Waals surface area contributed by atoms with Gasteiger partial charge >= 0.3 is 0 Å². The molecule has 0 aliphatic carbocycles. The minimum Gasteiger partial charge on any atom is -0.381 e. The van der Waals surface area contributed by atoms with Crippen LogP contribution in [-0.2, 0) is 9.59 Å². The van der Waals surface area contributed by atoms with Gasteiger partial charge in [-0.3, -0.25) is 9.59 Å². The first-order valence-electron chi connectivity index (χ1n) is 9.06. The van der Waals surface area contributed by atoms with Crippen LogP contribution in [0.3, 0.4) is 0 Å². The molecule has 2 fully saturated rings. The number of carbonyl (C=O) groups is 2. The molecule has 2 amide bonds. The summed E-state index contributed by atoms with van der Waals surface area (Å²) in [6.45, 7) is 1.72. The highest BCUT2D eigenvalue weighted by Crippen LogP contribution is 2.19. The van der Waals surface area contributed by atoms with Gasteiger partial charge in [-0.15, -0.1) is 11.8 Å². The normalized spacial score (nSPS) is 20.8. The maximum atomic E-state index is 12.5. The summed E-state index contributed by atoms with van der Waals surface area (Å²) in [5.41, 5.74) is 1.01. The third-order valence-corrected chi connectivity index (χ3v) is 5.75. The summed E-state index contributed by atoms with van der Waals surface area (Å²) < 4.78 is 0. The Morgan fingerprint density at radius 2 is 2.19 bits per heavy atom. The molecule has 2 saturated heterocycles. The molecule has 0 radical (unpaired) electrons. The zero-order valence-electron chi connectivity index (χ0n) is 15.5. The molecule has 7 nitrogen and oxygen atoms in total. The Kier molecular flexibility index (Phi) is 6.24. The van der Waals surface area contributed by atoms with Crippen LogP contribution in [0.25, 0.3) is 0 Å². The number of thioether (sulfide) groups is 1. The molecule has 1 atom stereocenters. The molecule has 0 unspecified atom stereocenters. The van der Waals surface area contributed by atoms with E-state index in [2.05, 4.69) is 10.3 Å². The minimum absolute atomic E-state index is 0.0681. The van der Waals surface area contributed by atoms with Gasteiger partial charge in [-0.05, 0) is 31.4 Å². The second kappa shape index (κ2) is 8.62. The third kappa shape index (κ3) is 4.81. The van der Waals surface area contributed by atoms with Gasteiger partial charge in [0.05, 0.1) is 23.5 Å². The third-order valence-electron chi connectivity index (χ3n) is 4.81. The fourth-order valence-electron chi connectivity index (χ4n) is 3.27. The molecule has 8 heteroatoms. The maximum absolute atomic E-state index is 12.5. The Balaban J connectivity index is 1.49. The van der Waals surface area contributed by atoms with Crippen LogP contribution >= 0.6 is 11.8 Å². The molecule has 3 rings (SSSR count). The highest BCUT2D eigenvalue weighted by Gasteiger charge is 2.26. The predicted molar refractivity (Wildman–Crippen MR) is 105 cm³/mol. The molecule has 1 aromatic heterocycles. The number of anilines is 2. The molecule has 1 aromatic rings. The number of carbonyl (C=O) groups excluding carboxylic acids is 2. The standard InChI is InChI=1S/C18H27N5O2S/c1-21(2)16-6-5-15(10-19-16)20-14-4-3-8-22(9-7-14)17(24)11-23-13-26-12-18(23)25/h5-6,10,14,20H,3-4,7-9,11-13H2,1-2H3/t14-/m1/s1. The minimum atomic E-state index is 0.0681. The smallest absolute Gasteiger partial charge is 0.242 e. The van der Waals surface area contributed by atoms with Crippen LogP contribution in [0, 0.1) is 0 Å².